The summed E-state index contributed by atoms with van der Waals surface area (Å²) in [6, 6.07) is 6.26. The zero-order valence-corrected chi connectivity index (χ0v) is 12.5. The minimum atomic E-state index is 0.513. The number of rotatable bonds is 5. The molecule has 1 atom stereocenters. The third kappa shape index (κ3) is 3.49. The third-order valence-corrected chi connectivity index (χ3v) is 4.06. The lowest BCUT2D eigenvalue weighted by Crippen LogP contribution is -2.36. The van der Waals surface area contributed by atoms with Gasteiger partial charge < -0.3 is 9.64 Å². The molecule has 0 saturated carbocycles. The van der Waals surface area contributed by atoms with E-state index < -0.39 is 0 Å². The molecule has 21 heavy (non-hydrogen) atoms. The molecule has 1 unspecified atom stereocenters. The van der Waals surface area contributed by atoms with Gasteiger partial charge in [0.25, 0.3) is 0 Å². The van der Waals surface area contributed by atoms with Gasteiger partial charge in [-0.05, 0) is 31.5 Å². The summed E-state index contributed by atoms with van der Waals surface area (Å²) in [5.74, 6) is 1.46. The molecule has 0 spiro atoms. The number of piperidine rings is 1. The van der Waals surface area contributed by atoms with Crippen LogP contribution in [0.5, 0.6) is 0 Å². The number of likely N-dealkylation sites (tertiary alicyclic amines) is 1. The highest BCUT2D eigenvalue weighted by Gasteiger charge is 2.22. The van der Waals surface area contributed by atoms with Crippen LogP contribution < -0.4 is 0 Å². The van der Waals surface area contributed by atoms with Crippen molar-refractivity contribution in [2.75, 3.05) is 33.4 Å². The van der Waals surface area contributed by atoms with Crippen LogP contribution in [0.1, 0.15) is 24.5 Å². The number of hydrogen-bond donors (Lipinski definition) is 0. The molecule has 0 bridgehead atoms. The van der Waals surface area contributed by atoms with Crippen LogP contribution in [0, 0.1) is 0 Å². The van der Waals surface area contributed by atoms with Crippen LogP contribution in [0.4, 0.5) is 0 Å². The van der Waals surface area contributed by atoms with Crippen molar-refractivity contribution in [1.82, 2.24) is 19.4 Å². The lowest BCUT2D eigenvalue weighted by atomic mass is 9.94. The maximum atomic E-state index is 5.19. The fourth-order valence-electron chi connectivity index (χ4n) is 2.93. The van der Waals surface area contributed by atoms with Crippen molar-refractivity contribution in [2.45, 2.75) is 18.8 Å². The molecule has 1 aliphatic rings. The van der Waals surface area contributed by atoms with E-state index in [1.54, 1.807) is 19.6 Å². The Balaban J connectivity index is 1.72. The Bertz CT molecular complexity index is 555. The SMILES string of the molecule is COCCN1CCCC(c2cccc(-n3ccnc3)n2)C1. The number of nitrogens with zero attached hydrogens (tertiary/aromatic N) is 4. The van der Waals surface area contributed by atoms with Crippen LogP contribution >= 0.6 is 0 Å². The van der Waals surface area contributed by atoms with Crippen LogP contribution in [0.2, 0.25) is 0 Å². The highest BCUT2D eigenvalue weighted by atomic mass is 16.5. The molecular formula is C16H22N4O. The lowest BCUT2D eigenvalue weighted by Gasteiger charge is -2.32. The molecule has 2 aromatic heterocycles. The maximum Gasteiger partial charge on any atom is 0.138 e. The molecule has 0 aromatic carbocycles. The van der Waals surface area contributed by atoms with E-state index in [0.29, 0.717) is 5.92 Å². The van der Waals surface area contributed by atoms with Crippen molar-refractivity contribution in [3.63, 3.8) is 0 Å². The molecular weight excluding hydrogens is 264 g/mol. The second-order valence-electron chi connectivity index (χ2n) is 5.52. The van der Waals surface area contributed by atoms with E-state index in [4.69, 9.17) is 9.72 Å². The molecule has 0 N–H and O–H groups in total. The van der Waals surface area contributed by atoms with Gasteiger partial charge in [-0.2, -0.15) is 0 Å². The van der Waals surface area contributed by atoms with Gasteiger partial charge >= 0.3 is 0 Å². The molecule has 3 rings (SSSR count). The first kappa shape index (κ1) is 14.2. The first-order valence-corrected chi connectivity index (χ1v) is 7.53. The van der Waals surface area contributed by atoms with Gasteiger partial charge in [0.1, 0.15) is 12.1 Å². The summed E-state index contributed by atoms with van der Waals surface area (Å²) in [6.45, 7) is 4.05. The van der Waals surface area contributed by atoms with Crippen LogP contribution in [-0.4, -0.2) is 52.8 Å². The Kier molecular flexibility index (Phi) is 4.62. The largest absolute Gasteiger partial charge is 0.383 e. The number of hydrogen-bond acceptors (Lipinski definition) is 4. The third-order valence-electron chi connectivity index (χ3n) is 4.06. The Labute approximate surface area is 125 Å². The molecule has 1 fully saturated rings. The minimum absolute atomic E-state index is 0.513. The van der Waals surface area contributed by atoms with Crippen LogP contribution in [0.3, 0.4) is 0 Å². The Hall–Kier alpha value is -1.72. The van der Waals surface area contributed by atoms with Gasteiger partial charge in [-0.25, -0.2) is 9.97 Å². The fraction of sp³-hybridized carbons (Fsp3) is 0.500. The van der Waals surface area contributed by atoms with Crippen LogP contribution in [0.15, 0.2) is 36.9 Å². The molecule has 1 aliphatic heterocycles. The van der Waals surface area contributed by atoms with Gasteiger partial charge in [0.2, 0.25) is 0 Å². The van der Waals surface area contributed by atoms with E-state index in [0.717, 1.165) is 25.5 Å². The number of imidazole rings is 1. The van der Waals surface area contributed by atoms with Crippen molar-refractivity contribution in [1.29, 1.82) is 0 Å². The summed E-state index contributed by atoms with van der Waals surface area (Å²) in [5, 5.41) is 0. The summed E-state index contributed by atoms with van der Waals surface area (Å²) in [5.41, 5.74) is 1.18. The highest BCUT2D eigenvalue weighted by molar-refractivity contribution is 5.26. The topological polar surface area (TPSA) is 43.2 Å². The predicted octanol–water partition coefficient (Wildman–Crippen LogP) is 2.09. The zero-order chi connectivity index (χ0) is 14.5. The van der Waals surface area contributed by atoms with Gasteiger partial charge in [0, 0.05) is 44.2 Å². The summed E-state index contributed by atoms with van der Waals surface area (Å²) in [7, 11) is 1.76. The molecule has 5 heteroatoms. The summed E-state index contributed by atoms with van der Waals surface area (Å²) >= 11 is 0. The average Bonchev–Trinajstić information content (AvgIpc) is 3.08. The molecule has 0 aliphatic carbocycles. The predicted molar refractivity (Wildman–Crippen MR) is 81.7 cm³/mol. The highest BCUT2D eigenvalue weighted by Crippen LogP contribution is 2.26. The number of methoxy groups -OCH3 is 1. The minimum Gasteiger partial charge on any atom is -0.383 e. The van der Waals surface area contributed by atoms with Crippen LogP contribution in [0.25, 0.3) is 5.82 Å². The normalized spacial score (nSPS) is 19.8. The van der Waals surface area contributed by atoms with E-state index in [1.807, 2.05) is 16.8 Å². The van der Waals surface area contributed by atoms with Crippen molar-refractivity contribution in [3.05, 3.63) is 42.6 Å². The Morgan fingerprint density at radius 3 is 3.14 bits per heavy atom. The van der Waals surface area contributed by atoms with Crippen molar-refractivity contribution in [3.8, 4) is 5.82 Å². The van der Waals surface area contributed by atoms with Gasteiger partial charge in [-0.1, -0.05) is 6.07 Å². The van der Waals surface area contributed by atoms with Crippen molar-refractivity contribution >= 4 is 0 Å². The molecule has 3 heterocycles. The van der Waals surface area contributed by atoms with E-state index in [9.17, 15) is 0 Å². The zero-order valence-electron chi connectivity index (χ0n) is 12.5. The van der Waals surface area contributed by atoms with Gasteiger partial charge in [-0.15, -0.1) is 0 Å². The Morgan fingerprint density at radius 1 is 1.38 bits per heavy atom. The molecule has 2 aromatic rings. The lowest BCUT2D eigenvalue weighted by molar-refractivity contribution is 0.127. The molecule has 112 valence electrons. The first-order chi connectivity index (χ1) is 10.4. The van der Waals surface area contributed by atoms with Gasteiger partial charge in [-0.3, -0.25) is 4.57 Å². The average molecular weight is 286 g/mol. The number of ether oxygens (including phenoxy) is 1. The molecule has 1 saturated heterocycles. The monoisotopic (exact) mass is 286 g/mol. The van der Waals surface area contributed by atoms with Gasteiger partial charge in [0.15, 0.2) is 0 Å². The standard InChI is InChI=1S/C16H22N4O/c1-21-11-10-19-8-3-4-14(12-19)15-5-2-6-16(18-15)20-9-7-17-13-20/h2,5-7,9,13-14H,3-4,8,10-12H2,1H3. The first-order valence-electron chi connectivity index (χ1n) is 7.53. The van der Waals surface area contributed by atoms with Crippen molar-refractivity contribution in [2.24, 2.45) is 0 Å². The van der Waals surface area contributed by atoms with E-state index in [-0.39, 0.29) is 0 Å². The second-order valence-corrected chi connectivity index (χ2v) is 5.52. The smallest absolute Gasteiger partial charge is 0.138 e. The molecule has 5 nitrogen and oxygen atoms in total. The molecule has 0 amide bonds. The fourth-order valence-corrected chi connectivity index (χ4v) is 2.93. The van der Waals surface area contributed by atoms with Gasteiger partial charge in [0.05, 0.1) is 6.61 Å². The van der Waals surface area contributed by atoms with Crippen LogP contribution in [-0.2, 0) is 4.74 Å². The number of aromatic nitrogens is 3. The summed E-state index contributed by atoms with van der Waals surface area (Å²) < 4.78 is 7.14. The second kappa shape index (κ2) is 6.83. The Morgan fingerprint density at radius 2 is 2.33 bits per heavy atom. The maximum absolute atomic E-state index is 5.19. The molecule has 0 radical (unpaired) electrons. The van der Waals surface area contributed by atoms with Crippen molar-refractivity contribution < 1.29 is 4.74 Å². The number of pyridine rings is 1. The van der Waals surface area contributed by atoms with E-state index in [2.05, 4.69) is 22.0 Å². The quantitative estimate of drug-likeness (QED) is 0.844. The summed E-state index contributed by atoms with van der Waals surface area (Å²) in [6.07, 6.45) is 7.94. The van der Waals surface area contributed by atoms with E-state index in [1.165, 1.54) is 25.1 Å². The summed E-state index contributed by atoms with van der Waals surface area (Å²) in [4.78, 5) is 11.4. The van der Waals surface area contributed by atoms with E-state index >= 15 is 0 Å².